The zero-order valence-electron chi connectivity index (χ0n) is 16.6. The van der Waals surface area contributed by atoms with Crippen LogP contribution in [0.25, 0.3) is 0 Å². The molecule has 0 spiro atoms. The highest BCUT2D eigenvalue weighted by Gasteiger charge is 2.33. The Balaban J connectivity index is 1.45. The number of nitrogens with one attached hydrogen (secondary N) is 1. The van der Waals surface area contributed by atoms with Gasteiger partial charge in [-0.3, -0.25) is 4.79 Å². The van der Waals surface area contributed by atoms with Crippen LogP contribution in [0.5, 0.6) is 5.75 Å². The fourth-order valence-corrected chi connectivity index (χ4v) is 5.69. The second-order valence-corrected chi connectivity index (χ2v) is 9.64. The Bertz CT molecular complexity index is 1000. The van der Waals surface area contributed by atoms with Crippen molar-refractivity contribution in [1.82, 2.24) is 4.31 Å². The van der Waals surface area contributed by atoms with Crippen molar-refractivity contribution in [1.29, 1.82) is 0 Å². The van der Waals surface area contributed by atoms with Crippen LogP contribution in [0.1, 0.15) is 30.4 Å². The van der Waals surface area contributed by atoms with E-state index in [-0.39, 0.29) is 23.3 Å². The number of methoxy groups -OCH3 is 1. The van der Waals surface area contributed by atoms with Gasteiger partial charge in [-0.1, -0.05) is 6.07 Å². The zero-order valence-corrected chi connectivity index (χ0v) is 17.4. The van der Waals surface area contributed by atoms with Crippen LogP contribution in [0.3, 0.4) is 0 Å². The van der Waals surface area contributed by atoms with Gasteiger partial charge in [-0.25, -0.2) is 8.42 Å². The maximum Gasteiger partial charge on any atom is 0.243 e. The summed E-state index contributed by atoms with van der Waals surface area (Å²) in [5.74, 6) is 0.136. The van der Waals surface area contributed by atoms with Crippen LogP contribution >= 0.6 is 0 Å². The van der Waals surface area contributed by atoms with Crippen molar-refractivity contribution in [3.63, 3.8) is 0 Å². The third-order valence-corrected chi connectivity index (χ3v) is 7.70. The van der Waals surface area contributed by atoms with Gasteiger partial charge >= 0.3 is 0 Å². The van der Waals surface area contributed by atoms with E-state index >= 15 is 0 Å². The molecule has 0 bridgehead atoms. The number of amides is 1. The lowest BCUT2D eigenvalue weighted by atomic mass is 9.98. The van der Waals surface area contributed by atoms with E-state index in [2.05, 4.69) is 17.4 Å². The number of piperidine rings is 1. The summed E-state index contributed by atoms with van der Waals surface area (Å²) in [5, 5.41) is 2.99. The molecular weight excluding hydrogens is 388 g/mol. The third-order valence-electron chi connectivity index (χ3n) is 5.82. The highest BCUT2D eigenvalue weighted by Crippen LogP contribution is 2.28. The molecule has 1 heterocycles. The maximum atomic E-state index is 13.0. The Morgan fingerprint density at radius 1 is 1.07 bits per heavy atom. The summed E-state index contributed by atoms with van der Waals surface area (Å²) in [5.41, 5.74) is 3.46. The summed E-state index contributed by atoms with van der Waals surface area (Å²) < 4.78 is 32.5. The van der Waals surface area contributed by atoms with Crippen LogP contribution in [0.2, 0.25) is 0 Å². The normalized spacial score (nSPS) is 19.6. The number of carbonyl (C=O) groups is 1. The molecule has 1 aliphatic heterocycles. The minimum Gasteiger partial charge on any atom is -0.497 e. The quantitative estimate of drug-likeness (QED) is 0.815. The number of aryl methyl sites for hydroxylation is 2. The van der Waals surface area contributed by atoms with Crippen LogP contribution in [0.4, 0.5) is 5.69 Å². The Hall–Kier alpha value is -2.38. The molecule has 0 unspecified atom stereocenters. The highest BCUT2D eigenvalue weighted by molar-refractivity contribution is 7.89. The molecule has 0 radical (unpaired) electrons. The van der Waals surface area contributed by atoms with Crippen LogP contribution in [0, 0.1) is 5.92 Å². The number of hydrogen-bond acceptors (Lipinski definition) is 4. The predicted octanol–water partition coefficient (Wildman–Crippen LogP) is 3.22. The van der Waals surface area contributed by atoms with Gasteiger partial charge in [0.2, 0.25) is 15.9 Å². The van der Waals surface area contributed by atoms with Gasteiger partial charge in [0, 0.05) is 18.8 Å². The van der Waals surface area contributed by atoms with E-state index in [1.165, 1.54) is 15.4 Å². The summed E-state index contributed by atoms with van der Waals surface area (Å²) in [6, 6.07) is 12.4. The van der Waals surface area contributed by atoms with Crippen LogP contribution in [0.15, 0.2) is 47.4 Å². The number of rotatable bonds is 5. The van der Waals surface area contributed by atoms with E-state index in [0.717, 1.165) is 24.9 Å². The monoisotopic (exact) mass is 414 g/mol. The number of nitrogens with zero attached hydrogens (tertiary/aromatic N) is 1. The topological polar surface area (TPSA) is 75.7 Å². The average Bonchev–Trinajstić information content (AvgIpc) is 3.22. The summed E-state index contributed by atoms with van der Waals surface area (Å²) in [4.78, 5) is 13.0. The van der Waals surface area contributed by atoms with Gasteiger partial charge in [-0.05, 0) is 79.6 Å². The number of sulfonamides is 1. The summed E-state index contributed by atoms with van der Waals surface area (Å²) >= 11 is 0. The van der Waals surface area contributed by atoms with Crippen molar-refractivity contribution in [2.45, 2.75) is 37.0 Å². The predicted molar refractivity (Wildman–Crippen MR) is 112 cm³/mol. The average molecular weight is 415 g/mol. The van der Waals surface area contributed by atoms with E-state index < -0.39 is 10.0 Å². The molecule has 6 nitrogen and oxygen atoms in total. The number of benzene rings is 2. The Morgan fingerprint density at radius 3 is 2.59 bits per heavy atom. The van der Waals surface area contributed by atoms with E-state index in [9.17, 15) is 13.2 Å². The molecule has 0 saturated carbocycles. The van der Waals surface area contributed by atoms with Crippen molar-refractivity contribution in [3.8, 4) is 5.75 Å². The number of carbonyl (C=O) groups excluding carboxylic acids is 1. The molecule has 4 rings (SSSR count). The number of fused-ring (bicyclic) bond motifs is 1. The fourth-order valence-electron chi connectivity index (χ4n) is 4.17. The first kappa shape index (κ1) is 19.9. The molecule has 29 heavy (non-hydrogen) atoms. The third kappa shape index (κ3) is 4.16. The molecule has 0 aromatic heterocycles. The van der Waals surface area contributed by atoms with Crippen LogP contribution in [-0.4, -0.2) is 38.8 Å². The minimum absolute atomic E-state index is 0.113. The van der Waals surface area contributed by atoms with Crippen molar-refractivity contribution in [2.75, 3.05) is 25.5 Å². The summed E-state index contributed by atoms with van der Waals surface area (Å²) in [6.45, 7) is 0.627. The van der Waals surface area contributed by atoms with E-state index in [1.54, 1.807) is 31.4 Å². The maximum absolute atomic E-state index is 13.0. The first-order valence-electron chi connectivity index (χ1n) is 10.0. The second kappa shape index (κ2) is 8.16. The molecule has 2 aromatic carbocycles. The molecule has 1 atom stereocenters. The van der Waals surface area contributed by atoms with Gasteiger partial charge in [0.1, 0.15) is 5.75 Å². The standard InChI is InChI=1S/C22H26N2O4S/c1-28-20-9-11-21(12-10-20)29(26,27)24-13-3-6-18(15-24)22(25)23-19-8-7-16-4-2-5-17(16)14-19/h7-12,14,18H,2-6,13,15H2,1H3,(H,23,25)/t18-/m0/s1. The van der Waals surface area contributed by atoms with Gasteiger partial charge in [0.25, 0.3) is 0 Å². The van der Waals surface area contributed by atoms with Gasteiger partial charge in [0.05, 0.1) is 17.9 Å². The lowest BCUT2D eigenvalue weighted by Crippen LogP contribution is -2.43. The molecular formula is C22H26N2O4S. The molecule has 7 heteroatoms. The Kier molecular flexibility index (Phi) is 5.61. The zero-order chi connectivity index (χ0) is 20.4. The minimum atomic E-state index is -3.64. The van der Waals surface area contributed by atoms with Crippen LogP contribution < -0.4 is 10.1 Å². The highest BCUT2D eigenvalue weighted by atomic mass is 32.2. The second-order valence-electron chi connectivity index (χ2n) is 7.70. The molecule has 1 aliphatic carbocycles. The lowest BCUT2D eigenvalue weighted by Gasteiger charge is -2.31. The van der Waals surface area contributed by atoms with Gasteiger partial charge < -0.3 is 10.1 Å². The van der Waals surface area contributed by atoms with Crippen molar-refractivity contribution in [3.05, 3.63) is 53.6 Å². The molecule has 2 aliphatic rings. The van der Waals surface area contributed by atoms with Crippen molar-refractivity contribution in [2.24, 2.45) is 5.92 Å². The number of hydrogen-bond donors (Lipinski definition) is 1. The molecule has 1 saturated heterocycles. The van der Waals surface area contributed by atoms with E-state index in [0.29, 0.717) is 25.1 Å². The van der Waals surface area contributed by atoms with E-state index in [4.69, 9.17) is 4.74 Å². The Morgan fingerprint density at radius 2 is 1.83 bits per heavy atom. The molecule has 1 amide bonds. The largest absolute Gasteiger partial charge is 0.497 e. The SMILES string of the molecule is COc1ccc(S(=O)(=O)N2CCC[C@H](C(=O)Nc3ccc4c(c3)CCC4)C2)cc1. The first-order valence-corrected chi connectivity index (χ1v) is 11.5. The molecule has 2 aromatic rings. The van der Waals surface area contributed by atoms with E-state index in [1.807, 2.05) is 6.07 Å². The smallest absolute Gasteiger partial charge is 0.243 e. The van der Waals surface area contributed by atoms with Crippen molar-refractivity contribution < 1.29 is 17.9 Å². The van der Waals surface area contributed by atoms with Gasteiger partial charge in [0.15, 0.2) is 0 Å². The number of ether oxygens (including phenoxy) is 1. The van der Waals surface area contributed by atoms with Crippen molar-refractivity contribution >= 4 is 21.6 Å². The van der Waals surface area contributed by atoms with Gasteiger partial charge in [-0.2, -0.15) is 4.31 Å². The summed E-state index contributed by atoms with van der Waals surface area (Å²) in [6.07, 6.45) is 4.66. The Labute approximate surface area is 171 Å². The fraction of sp³-hybridized carbons (Fsp3) is 0.409. The lowest BCUT2D eigenvalue weighted by molar-refractivity contribution is -0.120. The molecule has 1 fully saturated rings. The number of anilines is 1. The molecule has 1 N–H and O–H groups in total. The van der Waals surface area contributed by atoms with Crippen LogP contribution in [-0.2, 0) is 27.7 Å². The molecule has 154 valence electrons. The first-order chi connectivity index (χ1) is 14.0. The summed E-state index contributed by atoms with van der Waals surface area (Å²) in [7, 11) is -2.10. The van der Waals surface area contributed by atoms with Gasteiger partial charge in [-0.15, -0.1) is 0 Å².